The molecular weight excluding hydrogens is 411 g/mol. The molecule has 0 radical (unpaired) electrons. The minimum absolute atomic E-state index is 0.116. The van der Waals surface area contributed by atoms with Gasteiger partial charge in [-0.3, -0.25) is 0 Å². The van der Waals surface area contributed by atoms with Crippen LogP contribution in [0.1, 0.15) is 30.5 Å². The number of rotatable bonds is 6. The molecule has 32 heavy (non-hydrogen) atoms. The van der Waals surface area contributed by atoms with E-state index in [1.165, 1.54) is 17.1 Å². The molecule has 2 heterocycles. The average molecular weight is 441 g/mol. The molecule has 2 aliphatic rings. The van der Waals surface area contributed by atoms with Gasteiger partial charge in [-0.25, -0.2) is 14.2 Å². The molecule has 2 aromatic rings. The number of amides is 2. The monoisotopic (exact) mass is 440 g/mol. The van der Waals surface area contributed by atoms with E-state index in [4.69, 9.17) is 9.84 Å². The molecule has 2 aromatic carbocycles. The summed E-state index contributed by atoms with van der Waals surface area (Å²) in [5.41, 5.74) is 1.96. The molecule has 0 bridgehead atoms. The minimum Gasteiger partial charge on any atom is -0.508 e. The van der Waals surface area contributed by atoms with Crippen LogP contribution in [0.4, 0.5) is 9.18 Å². The lowest BCUT2D eigenvalue weighted by molar-refractivity contribution is 0.126. The molecule has 0 saturated carbocycles. The molecule has 2 amide bonds. The van der Waals surface area contributed by atoms with Gasteiger partial charge in [-0.15, -0.1) is 0 Å². The number of carbonyl (C=O) groups excluding carboxylic acids is 1. The third-order valence-corrected chi connectivity index (χ3v) is 5.94. The second kappa shape index (κ2) is 9.16. The van der Waals surface area contributed by atoms with E-state index in [1.54, 1.807) is 29.2 Å². The first kappa shape index (κ1) is 22.1. The predicted octanol–water partition coefficient (Wildman–Crippen LogP) is 3.69. The molecule has 0 fully saturated rings. The third kappa shape index (κ3) is 4.27. The van der Waals surface area contributed by atoms with Crippen molar-refractivity contribution in [2.45, 2.75) is 19.4 Å². The lowest BCUT2D eigenvalue weighted by Crippen LogP contribution is -2.43. The number of aromatic hydroxyl groups is 1. The van der Waals surface area contributed by atoms with Crippen LogP contribution in [-0.2, 0) is 0 Å². The molecule has 2 aliphatic heterocycles. The zero-order valence-corrected chi connectivity index (χ0v) is 18.7. The number of phenolic OH excluding ortho intramolecular Hbond substituents is 1. The van der Waals surface area contributed by atoms with Crippen molar-refractivity contribution < 1.29 is 19.0 Å². The number of hydrazone groups is 1. The van der Waals surface area contributed by atoms with Crippen LogP contribution in [0, 0.1) is 11.7 Å². The SMILES string of the molecule is CCN(CCCN(C)C)C(=O)N1N=C2c3cc(F)ccc3OC[C@H]2[C@H]1c1cccc(O)c1. The molecule has 4 rings (SSSR count). The molecule has 8 heteroatoms. The van der Waals surface area contributed by atoms with Crippen molar-refractivity contribution in [3.05, 3.63) is 59.4 Å². The summed E-state index contributed by atoms with van der Waals surface area (Å²) in [4.78, 5) is 17.5. The molecule has 1 N–H and O–H groups in total. The number of hydrogen-bond donors (Lipinski definition) is 1. The second-order valence-corrected chi connectivity index (χ2v) is 8.45. The van der Waals surface area contributed by atoms with Crippen LogP contribution in [0.25, 0.3) is 0 Å². The highest BCUT2D eigenvalue weighted by Crippen LogP contribution is 2.43. The first-order valence-corrected chi connectivity index (χ1v) is 10.9. The zero-order chi connectivity index (χ0) is 22.8. The Morgan fingerprint density at radius 2 is 2.06 bits per heavy atom. The summed E-state index contributed by atoms with van der Waals surface area (Å²) >= 11 is 0. The number of benzene rings is 2. The van der Waals surface area contributed by atoms with Gasteiger partial charge < -0.3 is 19.6 Å². The Morgan fingerprint density at radius 3 is 2.78 bits per heavy atom. The predicted molar refractivity (Wildman–Crippen MR) is 120 cm³/mol. The standard InChI is InChI=1S/C24H29FN4O3/c1-4-28(12-6-11-27(2)3)24(31)29-23(16-7-5-8-18(30)13-16)20-15-32-21-10-9-17(25)14-19(21)22(20)26-29/h5,7-10,13-14,20,23,30H,4,6,11-12,15H2,1-3H3/t20-,23-/m1/s1. The van der Waals surface area contributed by atoms with E-state index in [2.05, 4.69) is 4.90 Å². The quantitative estimate of drug-likeness (QED) is 0.744. The molecule has 0 aliphatic carbocycles. The Bertz CT molecular complexity index is 1030. The van der Waals surface area contributed by atoms with Crippen LogP contribution >= 0.6 is 0 Å². The van der Waals surface area contributed by atoms with Crippen LogP contribution in [0.5, 0.6) is 11.5 Å². The van der Waals surface area contributed by atoms with Crippen LogP contribution < -0.4 is 4.74 Å². The van der Waals surface area contributed by atoms with Gasteiger partial charge in [0.05, 0.1) is 24.3 Å². The Morgan fingerprint density at radius 1 is 1.25 bits per heavy atom. The lowest BCUT2D eigenvalue weighted by Gasteiger charge is -2.32. The number of hydrogen-bond acceptors (Lipinski definition) is 5. The van der Waals surface area contributed by atoms with Gasteiger partial charge in [-0.1, -0.05) is 12.1 Å². The number of phenols is 1. The van der Waals surface area contributed by atoms with Gasteiger partial charge in [-0.05, 0) is 69.9 Å². The fourth-order valence-electron chi connectivity index (χ4n) is 4.36. The van der Waals surface area contributed by atoms with Crippen LogP contribution in [-0.4, -0.2) is 72.0 Å². The Balaban J connectivity index is 1.71. The van der Waals surface area contributed by atoms with Gasteiger partial charge in [0.1, 0.15) is 17.3 Å². The van der Waals surface area contributed by atoms with Crippen molar-refractivity contribution in [2.75, 3.05) is 40.3 Å². The number of carbonyl (C=O) groups is 1. The summed E-state index contributed by atoms with van der Waals surface area (Å²) in [6.07, 6.45) is 0.842. The maximum absolute atomic E-state index is 14.0. The van der Waals surface area contributed by atoms with Gasteiger partial charge in [0.2, 0.25) is 0 Å². The van der Waals surface area contributed by atoms with E-state index in [1.807, 2.05) is 27.1 Å². The Hall–Kier alpha value is -3.13. The summed E-state index contributed by atoms with van der Waals surface area (Å²) in [7, 11) is 4.01. The normalized spacial score (nSPS) is 19.3. The first-order valence-electron chi connectivity index (χ1n) is 10.9. The van der Waals surface area contributed by atoms with Crippen LogP contribution in [0.3, 0.4) is 0 Å². The summed E-state index contributed by atoms with van der Waals surface area (Å²) in [6, 6.07) is 10.5. The van der Waals surface area contributed by atoms with E-state index < -0.39 is 6.04 Å². The average Bonchev–Trinajstić information content (AvgIpc) is 3.16. The summed E-state index contributed by atoms with van der Waals surface area (Å²) < 4.78 is 19.9. The fourth-order valence-corrected chi connectivity index (χ4v) is 4.36. The minimum atomic E-state index is -0.455. The maximum Gasteiger partial charge on any atom is 0.341 e. The summed E-state index contributed by atoms with van der Waals surface area (Å²) in [5, 5.41) is 16.3. The summed E-state index contributed by atoms with van der Waals surface area (Å²) in [5.74, 6) is 0.0253. The van der Waals surface area contributed by atoms with E-state index in [0.29, 0.717) is 36.7 Å². The van der Waals surface area contributed by atoms with Crippen LogP contribution in [0.2, 0.25) is 0 Å². The van der Waals surface area contributed by atoms with Gasteiger partial charge in [0.25, 0.3) is 0 Å². The van der Waals surface area contributed by atoms with Gasteiger partial charge >= 0.3 is 6.03 Å². The molecule has 0 aromatic heterocycles. The molecule has 0 spiro atoms. The first-order chi connectivity index (χ1) is 15.4. The van der Waals surface area contributed by atoms with Gasteiger partial charge in [0, 0.05) is 18.7 Å². The topological polar surface area (TPSA) is 68.6 Å². The van der Waals surface area contributed by atoms with E-state index >= 15 is 0 Å². The van der Waals surface area contributed by atoms with Crippen LogP contribution in [0.15, 0.2) is 47.6 Å². The Labute approximate surface area is 187 Å². The van der Waals surface area contributed by atoms with E-state index in [-0.39, 0.29) is 23.5 Å². The van der Waals surface area contributed by atoms with Crippen molar-refractivity contribution in [2.24, 2.45) is 11.0 Å². The highest BCUT2D eigenvalue weighted by atomic mass is 19.1. The number of fused-ring (bicyclic) bond motifs is 3. The summed E-state index contributed by atoms with van der Waals surface area (Å²) in [6.45, 7) is 4.29. The van der Waals surface area contributed by atoms with E-state index in [9.17, 15) is 14.3 Å². The highest BCUT2D eigenvalue weighted by Gasteiger charge is 2.46. The second-order valence-electron chi connectivity index (χ2n) is 8.45. The highest BCUT2D eigenvalue weighted by molar-refractivity contribution is 6.07. The number of halogens is 1. The van der Waals surface area contributed by atoms with Crippen molar-refractivity contribution in [1.29, 1.82) is 0 Å². The largest absolute Gasteiger partial charge is 0.508 e. The van der Waals surface area contributed by atoms with Gasteiger partial charge in [-0.2, -0.15) is 5.10 Å². The van der Waals surface area contributed by atoms with Crippen molar-refractivity contribution in [1.82, 2.24) is 14.8 Å². The number of urea groups is 1. The molecule has 170 valence electrons. The molecule has 2 atom stereocenters. The van der Waals surface area contributed by atoms with Crippen molar-refractivity contribution >= 4 is 11.7 Å². The number of ether oxygens (including phenoxy) is 1. The van der Waals surface area contributed by atoms with E-state index in [0.717, 1.165) is 18.5 Å². The molecule has 0 saturated heterocycles. The lowest BCUT2D eigenvalue weighted by atomic mass is 9.86. The van der Waals surface area contributed by atoms with Gasteiger partial charge in [0.15, 0.2) is 0 Å². The Kier molecular flexibility index (Phi) is 6.32. The molecule has 0 unspecified atom stereocenters. The van der Waals surface area contributed by atoms with Crippen molar-refractivity contribution in [3.63, 3.8) is 0 Å². The molecular formula is C24H29FN4O3. The number of nitrogens with zero attached hydrogens (tertiary/aromatic N) is 4. The fraction of sp³-hybridized carbons (Fsp3) is 0.417. The van der Waals surface area contributed by atoms with Crippen molar-refractivity contribution in [3.8, 4) is 11.5 Å². The smallest absolute Gasteiger partial charge is 0.341 e. The maximum atomic E-state index is 14.0. The molecule has 7 nitrogen and oxygen atoms in total. The zero-order valence-electron chi connectivity index (χ0n) is 18.7. The third-order valence-electron chi connectivity index (χ3n) is 5.94.